The standard InChI is InChI=1S/C16H16N2O6S/c1-2-22-16(21)6-15-18(14(20)8-25-15)7-13(19)17-10-3-4-11-12(5-10)24-9-23-11/h3-6H,2,7-9H2,1H3,(H,17,19)/b15-6-. The lowest BCUT2D eigenvalue weighted by molar-refractivity contribution is -0.137. The fraction of sp³-hybridized carbons (Fsp3) is 0.312. The molecule has 8 nitrogen and oxygen atoms in total. The van der Waals surface area contributed by atoms with Crippen molar-refractivity contribution in [2.24, 2.45) is 0 Å². The minimum absolute atomic E-state index is 0.147. The second-order valence-corrected chi connectivity index (χ2v) is 6.12. The van der Waals surface area contributed by atoms with E-state index in [4.69, 9.17) is 14.2 Å². The van der Waals surface area contributed by atoms with Gasteiger partial charge in [-0.3, -0.25) is 14.5 Å². The first-order chi connectivity index (χ1) is 12.1. The number of carbonyl (C=O) groups excluding carboxylic acids is 3. The Balaban J connectivity index is 1.64. The van der Waals surface area contributed by atoms with Crippen LogP contribution in [0.25, 0.3) is 0 Å². The molecule has 0 bridgehead atoms. The van der Waals surface area contributed by atoms with Crippen LogP contribution in [-0.2, 0) is 19.1 Å². The molecule has 1 saturated heterocycles. The van der Waals surface area contributed by atoms with Crippen LogP contribution in [0.1, 0.15) is 6.92 Å². The van der Waals surface area contributed by atoms with E-state index in [9.17, 15) is 14.4 Å². The first-order valence-corrected chi connectivity index (χ1v) is 8.56. The summed E-state index contributed by atoms with van der Waals surface area (Å²) in [5.41, 5.74) is 0.532. The zero-order valence-corrected chi connectivity index (χ0v) is 14.3. The molecule has 1 aromatic carbocycles. The van der Waals surface area contributed by atoms with E-state index in [2.05, 4.69) is 5.32 Å². The quantitative estimate of drug-likeness (QED) is 0.622. The Bertz CT molecular complexity index is 748. The normalized spacial score (nSPS) is 17.1. The van der Waals surface area contributed by atoms with Crippen LogP contribution < -0.4 is 14.8 Å². The van der Waals surface area contributed by atoms with Gasteiger partial charge in [0.2, 0.25) is 18.6 Å². The van der Waals surface area contributed by atoms with Crippen molar-refractivity contribution in [2.75, 3.05) is 31.0 Å². The van der Waals surface area contributed by atoms with Crippen molar-refractivity contribution in [1.82, 2.24) is 4.90 Å². The molecular formula is C16H16N2O6S. The Morgan fingerprint density at radius 3 is 2.96 bits per heavy atom. The zero-order valence-electron chi connectivity index (χ0n) is 13.4. The lowest BCUT2D eigenvalue weighted by Gasteiger charge is -2.16. The van der Waals surface area contributed by atoms with Gasteiger partial charge in [-0.2, -0.15) is 0 Å². The summed E-state index contributed by atoms with van der Waals surface area (Å²) in [5, 5.41) is 3.10. The molecule has 132 valence electrons. The molecule has 1 aromatic rings. The monoisotopic (exact) mass is 364 g/mol. The highest BCUT2D eigenvalue weighted by Gasteiger charge is 2.29. The smallest absolute Gasteiger partial charge is 0.333 e. The van der Waals surface area contributed by atoms with Gasteiger partial charge < -0.3 is 19.5 Å². The number of thioether (sulfide) groups is 1. The van der Waals surface area contributed by atoms with Crippen LogP contribution in [0.3, 0.4) is 0 Å². The Morgan fingerprint density at radius 1 is 1.36 bits per heavy atom. The summed E-state index contributed by atoms with van der Waals surface area (Å²) < 4.78 is 15.3. The fourth-order valence-corrected chi connectivity index (χ4v) is 3.23. The molecule has 2 aliphatic heterocycles. The largest absolute Gasteiger partial charge is 0.463 e. The number of hydrogen-bond acceptors (Lipinski definition) is 7. The summed E-state index contributed by atoms with van der Waals surface area (Å²) >= 11 is 1.20. The van der Waals surface area contributed by atoms with E-state index in [-0.39, 0.29) is 37.5 Å². The van der Waals surface area contributed by atoms with Gasteiger partial charge in [-0.05, 0) is 19.1 Å². The molecular weight excluding hydrogens is 348 g/mol. The van der Waals surface area contributed by atoms with E-state index < -0.39 is 5.97 Å². The van der Waals surface area contributed by atoms with Crippen molar-refractivity contribution < 1.29 is 28.6 Å². The lowest BCUT2D eigenvalue weighted by atomic mass is 10.2. The number of carbonyl (C=O) groups is 3. The Labute approximate surface area is 148 Å². The van der Waals surface area contributed by atoms with Gasteiger partial charge in [-0.15, -0.1) is 0 Å². The molecule has 2 heterocycles. The molecule has 1 N–H and O–H groups in total. The van der Waals surface area contributed by atoms with Gasteiger partial charge in [0.1, 0.15) is 6.54 Å². The van der Waals surface area contributed by atoms with E-state index >= 15 is 0 Å². The maximum atomic E-state index is 12.2. The Morgan fingerprint density at radius 2 is 2.16 bits per heavy atom. The number of nitrogens with one attached hydrogen (secondary N) is 1. The van der Waals surface area contributed by atoms with Crippen LogP contribution in [0.5, 0.6) is 11.5 Å². The van der Waals surface area contributed by atoms with Gasteiger partial charge in [0.25, 0.3) is 0 Å². The van der Waals surface area contributed by atoms with Gasteiger partial charge in [0, 0.05) is 11.8 Å². The van der Waals surface area contributed by atoms with Gasteiger partial charge in [-0.25, -0.2) is 4.79 Å². The summed E-state index contributed by atoms with van der Waals surface area (Å²) in [6.07, 6.45) is 1.23. The molecule has 0 aliphatic carbocycles. The molecule has 9 heteroatoms. The van der Waals surface area contributed by atoms with E-state index in [0.29, 0.717) is 22.2 Å². The number of nitrogens with zero attached hydrogens (tertiary/aromatic N) is 1. The summed E-state index contributed by atoms with van der Waals surface area (Å²) in [7, 11) is 0. The summed E-state index contributed by atoms with van der Waals surface area (Å²) in [5.74, 6) is 0.187. The third kappa shape index (κ3) is 4.05. The van der Waals surface area contributed by atoms with Gasteiger partial charge in [-0.1, -0.05) is 11.8 Å². The van der Waals surface area contributed by atoms with Crippen molar-refractivity contribution >= 4 is 35.2 Å². The van der Waals surface area contributed by atoms with Crippen molar-refractivity contribution in [1.29, 1.82) is 0 Å². The SMILES string of the molecule is CCOC(=O)/C=C1\SCC(=O)N1CC(=O)Nc1ccc2c(c1)OCO2. The number of rotatable bonds is 5. The van der Waals surface area contributed by atoms with Crippen molar-refractivity contribution in [3.8, 4) is 11.5 Å². The first-order valence-electron chi connectivity index (χ1n) is 7.58. The number of fused-ring (bicyclic) bond motifs is 1. The molecule has 0 atom stereocenters. The number of benzene rings is 1. The van der Waals surface area contributed by atoms with E-state index in [0.717, 1.165) is 0 Å². The molecule has 0 radical (unpaired) electrons. The van der Waals surface area contributed by atoms with Crippen molar-refractivity contribution in [2.45, 2.75) is 6.92 Å². The second-order valence-electron chi connectivity index (χ2n) is 5.12. The van der Waals surface area contributed by atoms with Gasteiger partial charge in [0.15, 0.2) is 11.5 Å². The second kappa shape index (κ2) is 7.47. The van der Waals surface area contributed by atoms with Crippen LogP contribution in [0.4, 0.5) is 5.69 Å². The summed E-state index contributed by atoms with van der Waals surface area (Å²) in [4.78, 5) is 37.0. The highest BCUT2D eigenvalue weighted by atomic mass is 32.2. The van der Waals surface area contributed by atoms with Crippen LogP contribution in [-0.4, -0.2) is 48.4 Å². The number of hydrogen-bond donors (Lipinski definition) is 1. The number of amides is 2. The predicted molar refractivity (Wildman–Crippen MR) is 90.1 cm³/mol. The highest BCUT2D eigenvalue weighted by Crippen LogP contribution is 2.34. The number of anilines is 1. The van der Waals surface area contributed by atoms with Crippen molar-refractivity contribution in [3.05, 3.63) is 29.3 Å². The molecule has 3 rings (SSSR count). The number of esters is 1. The minimum Gasteiger partial charge on any atom is -0.463 e. The third-order valence-corrected chi connectivity index (χ3v) is 4.42. The fourth-order valence-electron chi connectivity index (χ4n) is 2.30. The molecule has 0 unspecified atom stereocenters. The zero-order chi connectivity index (χ0) is 17.8. The highest BCUT2D eigenvalue weighted by molar-refractivity contribution is 8.04. The van der Waals surface area contributed by atoms with Crippen LogP contribution in [0, 0.1) is 0 Å². The summed E-state index contributed by atoms with van der Waals surface area (Å²) in [6.45, 7) is 1.89. The first kappa shape index (κ1) is 17.2. The molecule has 0 saturated carbocycles. The maximum absolute atomic E-state index is 12.2. The molecule has 0 aromatic heterocycles. The molecule has 2 amide bonds. The average molecular weight is 364 g/mol. The average Bonchev–Trinajstić information content (AvgIpc) is 3.16. The molecule has 0 spiro atoms. The van der Waals surface area contributed by atoms with Crippen LogP contribution >= 0.6 is 11.8 Å². The topological polar surface area (TPSA) is 94.2 Å². The molecule has 25 heavy (non-hydrogen) atoms. The van der Waals surface area contributed by atoms with E-state index in [1.165, 1.54) is 22.7 Å². The van der Waals surface area contributed by atoms with Gasteiger partial charge >= 0.3 is 5.97 Å². The van der Waals surface area contributed by atoms with Crippen molar-refractivity contribution in [3.63, 3.8) is 0 Å². The Hall–Kier alpha value is -2.68. The van der Waals surface area contributed by atoms with Crippen LogP contribution in [0.2, 0.25) is 0 Å². The van der Waals surface area contributed by atoms with Crippen LogP contribution in [0.15, 0.2) is 29.3 Å². The van der Waals surface area contributed by atoms with E-state index in [1.54, 1.807) is 25.1 Å². The maximum Gasteiger partial charge on any atom is 0.333 e. The Kier molecular flexibility index (Phi) is 5.13. The lowest BCUT2D eigenvalue weighted by Crippen LogP contribution is -2.34. The minimum atomic E-state index is -0.541. The third-order valence-electron chi connectivity index (χ3n) is 3.40. The van der Waals surface area contributed by atoms with E-state index in [1.807, 2.05) is 0 Å². The number of ether oxygens (including phenoxy) is 3. The van der Waals surface area contributed by atoms with Gasteiger partial charge in [0.05, 0.1) is 23.5 Å². The molecule has 2 aliphatic rings. The molecule has 1 fully saturated rings. The predicted octanol–water partition coefficient (Wildman–Crippen LogP) is 1.33. The summed E-state index contributed by atoms with van der Waals surface area (Å²) in [6, 6.07) is 5.03.